The van der Waals surface area contributed by atoms with Gasteiger partial charge in [-0.15, -0.1) is 0 Å². The molecule has 0 saturated carbocycles. The number of hydrogen-bond acceptors (Lipinski definition) is 7. The smallest absolute Gasteiger partial charge is 0.412 e. The molecular weight excluding hydrogens is 378 g/mol. The average molecular weight is 401 g/mol. The lowest BCUT2D eigenvalue weighted by Crippen LogP contribution is -2.30. The summed E-state index contributed by atoms with van der Waals surface area (Å²) in [6, 6.07) is 11.1. The zero-order valence-corrected chi connectivity index (χ0v) is 15.9. The lowest BCUT2D eigenvalue weighted by molar-refractivity contribution is -0.139. The van der Waals surface area contributed by atoms with Crippen molar-refractivity contribution in [3.8, 4) is 11.5 Å². The van der Waals surface area contributed by atoms with E-state index in [4.69, 9.17) is 23.7 Å². The van der Waals surface area contributed by atoms with Crippen LogP contribution in [0.15, 0.2) is 49.1 Å². The van der Waals surface area contributed by atoms with Gasteiger partial charge in [-0.1, -0.05) is 18.7 Å². The Balaban J connectivity index is 1.42. The van der Waals surface area contributed by atoms with Gasteiger partial charge in [-0.3, -0.25) is 0 Å². The minimum absolute atomic E-state index is 0.130. The number of nitrogens with one attached hydrogen (secondary N) is 1. The van der Waals surface area contributed by atoms with Gasteiger partial charge in [0.2, 0.25) is 0 Å². The highest BCUT2D eigenvalue weighted by Gasteiger charge is 2.23. The molecular formula is C21H23NO7. The normalized spacial score (nSPS) is 14.8. The van der Waals surface area contributed by atoms with Crippen molar-refractivity contribution in [2.24, 2.45) is 0 Å². The summed E-state index contributed by atoms with van der Waals surface area (Å²) in [6.07, 6.45) is 0.697. The molecule has 29 heavy (non-hydrogen) atoms. The van der Waals surface area contributed by atoms with E-state index in [2.05, 4.69) is 11.9 Å². The van der Waals surface area contributed by atoms with Crippen molar-refractivity contribution < 1.29 is 33.3 Å². The van der Waals surface area contributed by atoms with Crippen LogP contribution in [0, 0.1) is 0 Å². The summed E-state index contributed by atoms with van der Waals surface area (Å²) < 4.78 is 26.2. The summed E-state index contributed by atoms with van der Waals surface area (Å²) in [5.74, 6) is 0.695. The topological polar surface area (TPSA) is 95.6 Å². The first-order valence-corrected chi connectivity index (χ1v) is 9.25. The van der Waals surface area contributed by atoms with Gasteiger partial charge in [-0.05, 0) is 29.7 Å². The Morgan fingerprint density at radius 1 is 1.21 bits per heavy atom. The maximum absolute atomic E-state index is 12.0. The SMILES string of the molecule is C=CC(=O)OCCOCCNC(=O)Oc1cccc2cc(OCC3CO3)ccc12. The Labute approximate surface area is 168 Å². The summed E-state index contributed by atoms with van der Waals surface area (Å²) in [4.78, 5) is 22.9. The highest BCUT2D eigenvalue weighted by molar-refractivity contribution is 5.91. The first-order chi connectivity index (χ1) is 14.2. The van der Waals surface area contributed by atoms with E-state index in [1.807, 2.05) is 30.3 Å². The van der Waals surface area contributed by atoms with E-state index in [1.54, 1.807) is 6.07 Å². The van der Waals surface area contributed by atoms with Gasteiger partial charge in [-0.2, -0.15) is 0 Å². The molecule has 8 heteroatoms. The molecule has 1 unspecified atom stereocenters. The van der Waals surface area contributed by atoms with Crippen LogP contribution in [-0.2, 0) is 19.0 Å². The predicted molar refractivity (Wildman–Crippen MR) is 105 cm³/mol. The number of carbonyl (C=O) groups is 2. The molecule has 1 heterocycles. The largest absolute Gasteiger partial charge is 0.491 e. The Morgan fingerprint density at radius 2 is 2.07 bits per heavy atom. The molecule has 1 amide bonds. The Hall–Kier alpha value is -3.10. The number of amides is 1. The van der Waals surface area contributed by atoms with Crippen molar-refractivity contribution in [3.05, 3.63) is 49.1 Å². The Bertz CT molecular complexity index is 863. The number of benzene rings is 2. The van der Waals surface area contributed by atoms with Gasteiger partial charge in [0, 0.05) is 18.0 Å². The second-order valence-electron chi connectivity index (χ2n) is 6.21. The molecule has 1 fully saturated rings. The van der Waals surface area contributed by atoms with Crippen LogP contribution < -0.4 is 14.8 Å². The number of epoxide rings is 1. The second-order valence-corrected chi connectivity index (χ2v) is 6.21. The molecule has 0 aromatic heterocycles. The molecule has 2 aromatic carbocycles. The number of ether oxygens (including phenoxy) is 5. The minimum atomic E-state index is -0.578. The second kappa shape index (κ2) is 10.4. The van der Waals surface area contributed by atoms with Crippen molar-refractivity contribution >= 4 is 22.8 Å². The summed E-state index contributed by atoms with van der Waals surface area (Å²) in [5.41, 5.74) is 0. The molecule has 154 valence electrons. The van der Waals surface area contributed by atoms with Crippen molar-refractivity contribution in [1.29, 1.82) is 0 Å². The van der Waals surface area contributed by atoms with Crippen molar-refractivity contribution in [3.63, 3.8) is 0 Å². The first-order valence-electron chi connectivity index (χ1n) is 9.25. The average Bonchev–Trinajstić information content (AvgIpc) is 3.56. The summed E-state index contributed by atoms with van der Waals surface area (Å²) in [6.45, 7) is 5.46. The molecule has 2 aromatic rings. The fraction of sp³-hybridized carbons (Fsp3) is 0.333. The first kappa shape index (κ1) is 20.6. The molecule has 1 aliphatic heterocycles. The fourth-order valence-corrected chi connectivity index (χ4v) is 2.49. The fourth-order valence-electron chi connectivity index (χ4n) is 2.49. The quantitative estimate of drug-likeness (QED) is 0.267. The monoisotopic (exact) mass is 401 g/mol. The number of esters is 1. The summed E-state index contributed by atoms with van der Waals surface area (Å²) in [7, 11) is 0. The van der Waals surface area contributed by atoms with E-state index in [1.165, 1.54) is 0 Å². The van der Waals surface area contributed by atoms with Crippen molar-refractivity contribution in [2.75, 3.05) is 39.6 Å². The summed E-state index contributed by atoms with van der Waals surface area (Å²) >= 11 is 0. The highest BCUT2D eigenvalue weighted by atomic mass is 16.6. The van der Waals surface area contributed by atoms with Gasteiger partial charge in [-0.25, -0.2) is 9.59 Å². The highest BCUT2D eigenvalue weighted by Crippen LogP contribution is 2.29. The van der Waals surface area contributed by atoms with E-state index >= 15 is 0 Å². The van der Waals surface area contributed by atoms with Gasteiger partial charge in [0.15, 0.2) is 0 Å². The van der Waals surface area contributed by atoms with Crippen molar-refractivity contribution in [1.82, 2.24) is 5.32 Å². The zero-order valence-electron chi connectivity index (χ0n) is 15.9. The van der Waals surface area contributed by atoms with Crippen LogP contribution in [0.4, 0.5) is 4.79 Å². The van der Waals surface area contributed by atoms with Gasteiger partial charge in [0.1, 0.15) is 30.8 Å². The minimum Gasteiger partial charge on any atom is -0.491 e. The lowest BCUT2D eigenvalue weighted by atomic mass is 10.1. The molecule has 1 saturated heterocycles. The van der Waals surface area contributed by atoms with E-state index < -0.39 is 12.1 Å². The van der Waals surface area contributed by atoms with Gasteiger partial charge in [0.05, 0.1) is 19.8 Å². The molecule has 0 bridgehead atoms. The molecule has 3 rings (SSSR count). The third-order valence-electron chi connectivity index (χ3n) is 4.01. The van der Waals surface area contributed by atoms with E-state index in [-0.39, 0.29) is 32.5 Å². The molecule has 0 radical (unpaired) electrons. The van der Waals surface area contributed by atoms with Crippen LogP contribution in [0.3, 0.4) is 0 Å². The Kier molecular flexibility index (Phi) is 7.43. The van der Waals surface area contributed by atoms with Crippen LogP contribution >= 0.6 is 0 Å². The third-order valence-corrected chi connectivity index (χ3v) is 4.01. The van der Waals surface area contributed by atoms with Crippen LogP contribution in [0.5, 0.6) is 11.5 Å². The lowest BCUT2D eigenvalue weighted by Gasteiger charge is -2.11. The zero-order chi connectivity index (χ0) is 20.5. The van der Waals surface area contributed by atoms with Gasteiger partial charge >= 0.3 is 12.1 Å². The van der Waals surface area contributed by atoms with E-state index in [0.29, 0.717) is 12.4 Å². The maximum atomic E-state index is 12.0. The van der Waals surface area contributed by atoms with Crippen LogP contribution in [-0.4, -0.2) is 57.7 Å². The number of hydrogen-bond donors (Lipinski definition) is 1. The van der Waals surface area contributed by atoms with Crippen LogP contribution in [0.1, 0.15) is 0 Å². The van der Waals surface area contributed by atoms with Gasteiger partial charge < -0.3 is 29.0 Å². The number of fused-ring (bicyclic) bond motifs is 1. The van der Waals surface area contributed by atoms with E-state index in [0.717, 1.165) is 29.2 Å². The number of rotatable bonds is 11. The third kappa shape index (κ3) is 6.78. The standard InChI is InChI=1S/C21H23NO7/c1-2-20(23)26-11-10-25-9-8-22-21(24)29-19-5-3-4-15-12-16(6-7-18(15)19)27-13-17-14-28-17/h2-7,12,17H,1,8-11,13-14H2,(H,22,24). The number of carbonyl (C=O) groups excluding carboxylic acids is 2. The molecule has 0 aliphatic carbocycles. The molecule has 1 atom stereocenters. The van der Waals surface area contributed by atoms with E-state index in [9.17, 15) is 9.59 Å². The summed E-state index contributed by atoms with van der Waals surface area (Å²) in [5, 5.41) is 4.32. The van der Waals surface area contributed by atoms with Crippen LogP contribution in [0.2, 0.25) is 0 Å². The molecule has 8 nitrogen and oxygen atoms in total. The van der Waals surface area contributed by atoms with Crippen molar-refractivity contribution in [2.45, 2.75) is 6.10 Å². The van der Waals surface area contributed by atoms with Gasteiger partial charge in [0.25, 0.3) is 0 Å². The predicted octanol–water partition coefficient (Wildman–Crippen LogP) is 2.45. The maximum Gasteiger partial charge on any atom is 0.412 e. The Morgan fingerprint density at radius 3 is 2.86 bits per heavy atom. The molecule has 1 aliphatic rings. The molecule has 0 spiro atoms. The molecule has 1 N–H and O–H groups in total. The van der Waals surface area contributed by atoms with Crippen LogP contribution in [0.25, 0.3) is 10.8 Å².